The lowest BCUT2D eigenvalue weighted by Gasteiger charge is -2.05. The highest BCUT2D eigenvalue weighted by atomic mass is 32.2. The van der Waals surface area contributed by atoms with Crippen molar-refractivity contribution in [3.8, 4) is 5.75 Å². The molecule has 0 aromatic heterocycles. The quantitative estimate of drug-likeness (QED) is 0.845. The molecule has 2 nitrogen and oxygen atoms in total. The van der Waals surface area contributed by atoms with Gasteiger partial charge in [-0.3, -0.25) is 0 Å². The van der Waals surface area contributed by atoms with Gasteiger partial charge in [-0.25, -0.2) is 4.39 Å². The average molecular weight is 249 g/mol. The molecule has 0 fully saturated rings. The molecule has 0 saturated carbocycles. The lowest BCUT2D eigenvalue weighted by molar-refractivity contribution is 0.385. The summed E-state index contributed by atoms with van der Waals surface area (Å²) < 4.78 is 18.3. The zero-order chi connectivity index (χ0) is 12.3. The van der Waals surface area contributed by atoms with Gasteiger partial charge in [0.05, 0.1) is 7.11 Å². The number of rotatable bonds is 3. The van der Waals surface area contributed by atoms with Crippen molar-refractivity contribution in [1.29, 1.82) is 0 Å². The molecule has 2 aromatic rings. The first-order valence-corrected chi connectivity index (χ1v) is 5.87. The normalized spacial score (nSPS) is 10.2. The third-order valence-corrected chi connectivity index (χ3v) is 3.24. The van der Waals surface area contributed by atoms with E-state index in [0.29, 0.717) is 0 Å². The van der Waals surface area contributed by atoms with Gasteiger partial charge in [0.15, 0.2) is 11.6 Å². The molecule has 0 bridgehead atoms. The van der Waals surface area contributed by atoms with Crippen molar-refractivity contribution >= 4 is 17.4 Å². The Bertz CT molecular complexity index is 513. The number of nitrogens with two attached hydrogens (primary N) is 1. The van der Waals surface area contributed by atoms with Crippen molar-refractivity contribution in [3.63, 3.8) is 0 Å². The van der Waals surface area contributed by atoms with E-state index in [2.05, 4.69) is 0 Å². The van der Waals surface area contributed by atoms with Crippen LogP contribution in [0.5, 0.6) is 5.75 Å². The summed E-state index contributed by atoms with van der Waals surface area (Å²) in [5.74, 6) is -0.0976. The van der Waals surface area contributed by atoms with Crippen molar-refractivity contribution in [2.24, 2.45) is 0 Å². The van der Waals surface area contributed by atoms with E-state index in [9.17, 15) is 4.39 Å². The second-order valence-electron chi connectivity index (χ2n) is 3.47. The van der Waals surface area contributed by atoms with Crippen LogP contribution in [0.15, 0.2) is 52.3 Å². The number of halogens is 1. The van der Waals surface area contributed by atoms with Gasteiger partial charge in [0.1, 0.15) is 0 Å². The molecule has 4 heteroatoms. The standard InChI is InChI=1S/C13H12FNOS/c1-16-13-7-6-11(8-12(13)14)17-10-4-2-9(15)3-5-10/h2-8H,15H2,1H3. The maximum atomic E-state index is 13.5. The highest BCUT2D eigenvalue weighted by molar-refractivity contribution is 7.99. The fourth-order valence-electron chi connectivity index (χ4n) is 1.38. The SMILES string of the molecule is COc1ccc(Sc2ccc(N)cc2)cc1F. The number of methoxy groups -OCH3 is 1. The van der Waals surface area contributed by atoms with Crippen LogP contribution in [0.1, 0.15) is 0 Å². The summed E-state index contributed by atoms with van der Waals surface area (Å²) >= 11 is 1.48. The number of anilines is 1. The Kier molecular flexibility index (Phi) is 3.54. The van der Waals surface area contributed by atoms with Gasteiger partial charge < -0.3 is 10.5 Å². The third-order valence-electron chi connectivity index (χ3n) is 2.24. The van der Waals surface area contributed by atoms with Crippen LogP contribution in [0.4, 0.5) is 10.1 Å². The van der Waals surface area contributed by atoms with E-state index in [0.717, 1.165) is 15.5 Å². The van der Waals surface area contributed by atoms with Crippen molar-refractivity contribution < 1.29 is 9.13 Å². The molecule has 0 saturated heterocycles. The van der Waals surface area contributed by atoms with E-state index in [1.165, 1.54) is 24.9 Å². The van der Waals surface area contributed by atoms with Gasteiger partial charge in [0.2, 0.25) is 0 Å². The summed E-state index contributed by atoms with van der Waals surface area (Å²) in [6, 6.07) is 12.4. The zero-order valence-electron chi connectivity index (χ0n) is 9.31. The average Bonchev–Trinajstić information content (AvgIpc) is 2.32. The van der Waals surface area contributed by atoms with Gasteiger partial charge in [0.25, 0.3) is 0 Å². The van der Waals surface area contributed by atoms with Crippen LogP contribution in [0.2, 0.25) is 0 Å². The molecular formula is C13H12FNOS. The summed E-state index contributed by atoms with van der Waals surface area (Å²) in [6.45, 7) is 0. The first-order chi connectivity index (χ1) is 8.19. The lowest BCUT2D eigenvalue weighted by atomic mass is 10.3. The topological polar surface area (TPSA) is 35.2 Å². The largest absolute Gasteiger partial charge is 0.494 e. The molecule has 0 aliphatic heterocycles. The van der Waals surface area contributed by atoms with Gasteiger partial charge in [-0.2, -0.15) is 0 Å². The molecule has 0 radical (unpaired) electrons. The molecular weight excluding hydrogens is 237 g/mol. The summed E-state index contributed by atoms with van der Waals surface area (Å²) in [6.07, 6.45) is 0. The highest BCUT2D eigenvalue weighted by Gasteiger charge is 2.04. The monoisotopic (exact) mass is 249 g/mol. The number of nitrogen functional groups attached to an aromatic ring is 1. The molecule has 0 heterocycles. The van der Waals surface area contributed by atoms with Gasteiger partial charge in [-0.1, -0.05) is 11.8 Å². The predicted molar refractivity (Wildman–Crippen MR) is 67.9 cm³/mol. The van der Waals surface area contributed by atoms with Crippen molar-refractivity contribution in [1.82, 2.24) is 0 Å². The van der Waals surface area contributed by atoms with Crippen LogP contribution < -0.4 is 10.5 Å². The Morgan fingerprint density at radius 3 is 2.29 bits per heavy atom. The van der Waals surface area contributed by atoms with Gasteiger partial charge in [0, 0.05) is 15.5 Å². The number of benzene rings is 2. The lowest BCUT2D eigenvalue weighted by Crippen LogP contribution is -1.87. The molecule has 2 N–H and O–H groups in total. The van der Waals surface area contributed by atoms with Gasteiger partial charge in [-0.05, 0) is 42.5 Å². The third kappa shape index (κ3) is 2.91. The van der Waals surface area contributed by atoms with Crippen molar-refractivity contribution in [3.05, 3.63) is 48.3 Å². The first kappa shape index (κ1) is 11.8. The maximum absolute atomic E-state index is 13.5. The Hall–Kier alpha value is -1.68. The summed E-state index contributed by atoms with van der Waals surface area (Å²) in [5, 5.41) is 0. The van der Waals surface area contributed by atoms with Gasteiger partial charge in [-0.15, -0.1) is 0 Å². The van der Waals surface area contributed by atoms with Crippen LogP contribution in [-0.4, -0.2) is 7.11 Å². The van der Waals surface area contributed by atoms with Crippen LogP contribution in [-0.2, 0) is 0 Å². The fourth-order valence-corrected chi connectivity index (χ4v) is 2.23. The van der Waals surface area contributed by atoms with E-state index in [1.54, 1.807) is 6.07 Å². The zero-order valence-corrected chi connectivity index (χ0v) is 10.1. The molecule has 0 aliphatic rings. The van der Waals surface area contributed by atoms with Crippen molar-refractivity contribution in [2.45, 2.75) is 9.79 Å². The molecule has 0 spiro atoms. The molecule has 0 amide bonds. The first-order valence-electron chi connectivity index (χ1n) is 5.06. The summed E-state index contributed by atoms with van der Waals surface area (Å²) in [7, 11) is 1.45. The molecule has 0 aliphatic carbocycles. The smallest absolute Gasteiger partial charge is 0.166 e. The number of hydrogen-bond acceptors (Lipinski definition) is 3. The minimum Gasteiger partial charge on any atom is -0.494 e. The van der Waals surface area contributed by atoms with E-state index in [1.807, 2.05) is 30.3 Å². The second kappa shape index (κ2) is 5.10. The summed E-state index contributed by atoms with van der Waals surface area (Å²) in [4.78, 5) is 1.84. The molecule has 88 valence electrons. The van der Waals surface area contributed by atoms with Gasteiger partial charge >= 0.3 is 0 Å². The number of hydrogen-bond donors (Lipinski definition) is 1. The molecule has 0 atom stereocenters. The highest BCUT2D eigenvalue weighted by Crippen LogP contribution is 2.30. The fraction of sp³-hybridized carbons (Fsp3) is 0.0769. The number of ether oxygens (including phenoxy) is 1. The van der Waals surface area contributed by atoms with E-state index in [-0.39, 0.29) is 11.6 Å². The molecule has 2 rings (SSSR count). The minimum atomic E-state index is -0.354. The molecule has 0 unspecified atom stereocenters. The minimum absolute atomic E-state index is 0.256. The molecule has 2 aromatic carbocycles. The predicted octanol–water partition coefficient (Wildman–Crippen LogP) is 3.57. The van der Waals surface area contributed by atoms with Crippen LogP contribution in [0.3, 0.4) is 0 Å². The molecule has 17 heavy (non-hydrogen) atoms. The Morgan fingerprint density at radius 2 is 1.71 bits per heavy atom. The van der Waals surface area contributed by atoms with Crippen LogP contribution >= 0.6 is 11.8 Å². The maximum Gasteiger partial charge on any atom is 0.166 e. The Morgan fingerprint density at radius 1 is 1.06 bits per heavy atom. The van der Waals surface area contributed by atoms with Crippen molar-refractivity contribution in [2.75, 3.05) is 12.8 Å². The van der Waals surface area contributed by atoms with Crippen LogP contribution in [0.25, 0.3) is 0 Å². The Balaban J connectivity index is 2.19. The Labute approximate surface area is 104 Å². The van der Waals surface area contributed by atoms with Crippen LogP contribution in [0, 0.1) is 5.82 Å². The second-order valence-corrected chi connectivity index (χ2v) is 4.61. The summed E-state index contributed by atoms with van der Waals surface area (Å²) in [5.41, 5.74) is 6.31. The van der Waals surface area contributed by atoms with E-state index < -0.39 is 0 Å². The van der Waals surface area contributed by atoms with E-state index in [4.69, 9.17) is 10.5 Å². The van der Waals surface area contributed by atoms with E-state index >= 15 is 0 Å².